The molecule has 16 heavy (non-hydrogen) atoms. The van der Waals surface area contributed by atoms with Gasteiger partial charge in [0.25, 0.3) is 0 Å². The van der Waals surface area contributed by atoms with Gasteiger partial charge in [0.2, 0.25) is 5.91 Å². The molecule has 0 radical (unpaired) electrons. The monoisotopic (exact) mass is 231 g/mol. The van der Waals surface area contributed by atoms with E-state index in [4.69, 9.17) is 5.11 Å². The number of hydrogen-bond donors (Lipinski definition) is 2. The molecule has 0 aromatic rings. The van der Waals surface area contributed by atoms with Crippen molar-refractivity contribution in [3.05, 3.63) is 0 Å². The molecule has 2 N–H and O–H groups in total. The Labute approximate surface area is 94.0 Å². The van der Waals surface area contributed by atoms with E-state index < -0.39 is 24.6 Å². The molecule has 0 rings (SSSR count). The number of urea groups is 1. The highest BCUT2D eigenvalue weighted by Crippen LogP contribution is 1.91. The summed E-state index contributed by atoms with van der Waals surface area (Å²) >= 11 is 0. The van der Waals surface area contributed by atoms with Gasteiger partial charge in [0.15, 0.2) is 0 Å². The van der Waals surface area contributed by atoms with E-state index >= 15 is 0 Å². The van der Waals surface area contributed by atoms with Crippen LogP contribution in [0.4, 0.5) is 4.79 Å². The molecule has 1 atom stereocenters. The summed E-state index contributed by atoms with van der Waals surface area (Å²) in [7, 11) is 4.49. The highest BCUT2D eigenvalue weighted by molar-refractivity contribution is 5.87. The lowest BCUT2D eigenvalue weighted by Gasteiger charge is -2.21. The highest BCUT2D eigenvalue weighted by Gasteiger charge is 2.19. The lowest BCUT2D eigenvalue weighted by molar-refractivity contribution is -0.137. The minimum absolute atomic E-state index is 0.253. The van der Waals surface area contributed by atoms with Gasteiger partial charge in [0.05, 0.1) is 0 Å². The first-order valence-corrected chi connectivity index (χ1v) is 4.70. The summed E-state index contributed by atoms with van der Waals surface area (Å²) in [6.07, 6.45) is 0. The molecular weight excluding hydrogens is 214 g/mol. The van der Waals surface area contributed by atoms with Crippen molar-refractivity contribution in [2.45, 2.75) is 13.0 Å². The number of nitrogens with zero attached hydrogens (tertiary/aromatic N) is 2. The van der Waals surface area contributed by atoms with Crippen molar-refractivity contribution in [2.75, 3.05) is 27.7 Å². The van der Waals surface area contributed by atoms with Crippen LogP contribution in [0.1, 0.15) is 6.92 Å². The first-order valence-electron chi connectivity index (χ1n) is 4.70. The third kappa shape index (κ3) is 4.63. The van der Waals surface area contributed by atoms with E-state index in [0.29, 0.717) is 0 Å². The molecule has 7 heteroatoms. The van der Waals surface area contributed by atoms with Crippen molar-refractivity contribution >= 4 is 17.9 Å². The van der Waals surface area contributed by atoms with E-state index in [-0.39, 0.29) is 5.91 Å². The number of likely N-dealkylation sites (N-methyl/N-ethyl adjacent to an activating group) is 2. The van der Waals surface area contributed by atoms with E-state index in [2.05, 4.69) is 5.32 Å². The van der Waals surface area contributed by atoms with Crippen LogP contribution < -0.4 is 5.32 Å². The summed E-state index contributed by atoms with van der Waals surface area (Å²) in [4.78, 5) is 35.5. The van der Waals surface area contributed by atoms with E-state index in [1.807, 2.05) is 0 Å². The Kier molecular flexibility index (Phi) is 5.27. The van der Waals surface area contributed by atoms with Crippen LogP contribution in [0.25, 0.3) is 0 Å². The van der Waals surface area contributed by atoms with Gasteiger partial charge >= 0.3 is 12.0 Å². The third-order valence-electron chi connectivity index (χ3n) is 1.87. The molecular formula is C9H17N3O4. The number of aliphatic carboxylic acids is 1. The van der Waals surface area contributed by atoms with Crippen LogP contribution in [0.5, 0.6) is 0 Å². The smallest absolute Gasteiger partial charge is 0.323 e. The second-order valence-corrected chi connectivity index (χ2v) is 3.65. The number of amides is 3. The summed E-state index contributed by atoms with van der Waals surface area (Å²) in [5, 5.41) is 10.9. The Morgan fingerprint density at radius 1 is 1.25 bits per heavy atom. The Morgan fingerprint density at radius 2 is 1.75 bits per heavy atom. The van der Waals surface area contributed by atoms with Gasteiger partial charge in [-0.2, -0.15) is 0 Å². The average molecular weight is 231 g/mol. The minimum Gasteiger partial charge on any atom is -0.480 e. The Balaban J connectivity index is 4.23. The predicted molar refractivity (Wildman–Crippen MR) is 57.0 cm³/mol. The fourth-order valence-electron chi connectivity index (χ4n) is 1.02. The zero-order valence-electron chi connectivity index (χ0n) is 9.85. The van der Waals surface area contributed by atoms with Gasteiger partial charge in [-0.3, -0.25) is 9.59 Å². The molecule has 0 fully saturated rings. The molecule has 0 bridgehead atoms. The van der Waals surface area contributed by atoms with Crippen LogP contribution in [0.2, 0.25) is 0 Å². The zero-order valence-corrected chi connectivity index (χ0v) is 9.85. The van der Waals surface area contributed by atoms with Crippen LogP contribution in [-0.4, -0.2) is 66.5 Å². The van der Waals surface area contributed by atoms with E-state index in [1.165, 1.54) is 18.9 Å². The molecule has 1 unspecified atom stereocenters. The van der Waals surface area contributed by atoms with Crippen LogP contribution >= 0.6 is 0 Å². The SMILES string of the molecule is CC(NC(=O)N(C)CC(=O)O)C(=O)N(C)C. The van der Waals surface area contributed by atoms with Gasteiger partial charge in [-0.05, 0) is 6.92 Å². The van der Waals surface area contributed by atoms with Crippen LogP contribution in [0.15, 0.2) is 0 Å². The van der Waals surface area contributed by atoms with Crippen molar-refractivity contribution < 1.29 is 19.5 Å². The normalized spacial score (nSPS) is 11.5. The van der Waals surface area contributed by atoms with Gasteiger partial charge in [-0.15, -0.1) is 0 Å². The first kappa shape index (κ1) is 14.2. The van der Waals surface area contributed by atoms with Crippen LogP contribution in [0, 0.1) is 0 Å². The summed E-state index contributed by atoms with van der Waals surface area (Å²) in [5.41, 5.74) is 0. The first-order chi connectivity index (χ1) is 7.25. The van der Waals surface area contributed by atoms with Gasteiger partial charge in [0, 0.05) is 21.1 Å². The number of nitrogens with one attached hydrogen (secondary N) is 1. The molecule has 0 aliphatic carbocycles. The quantitative estimate of drug-likeness (QED) is 0.662. The number of carbonyl (C=O) groups excluding carboxylic acids is 2. The topological polar surface area (TPSA) is 90.0 Å². The standard InChI is InChI=1S/C9H17N3O4/c1-6(8(15)11(2)3)10-9(16)12(4)5-7(13)14/h6H,5H2,1-4H3,(H,10,16)(H,13,14). The zero-order chi connectivity index (χ0) is 12.9. The minimum atomic E-state index is -1.11. The average Bonchev–Trinajstić information content (AvgIpc) is 2.14. The maximum absolute atomic E-state index is 11.4. The van der Waals surface area contributed by atoms with E-state index in [1.54, 1.807) is 14.1 Å². The van der Waals surface area contributed by atoms with Crippen molar-refractivity contribution in [2.24, 2.45) is 0 Å². The summed E-state index contributed by atoms with van der Waals surface area (Å²) in [5.74, 6) is -1.36. The maximum Gasteiger partial charge on any atom is 0.323 e. The molecule has 0 aromatic heterocycles. The second kappa shape index (κ2) is 5.94. The highest BCUT2D eigenvalue weighted by atomic mass is 16.4. The van der Waals surface area contributed by atoms with E-state index in [9.17, 15) is 14.4 Å². The molecule has 0 heterocycles. The molecule has 0 aliphatic rings. The number of carboxylic acid groups (broad SMARTS) is 1. The molecule has 0 aliphatic heterocycles. The second-order valence-electron chi connectivity index (χ2n) is 3.65. The van der Waals surface area contributed by atoms with Gasteiger partial charge in [-0.25, -0.2) is 4.79 Å². The fraction of sp³-hybridized carbons (Fsp3) is 0.667. The molecule has 7 nitrogen and oxygen atoms in total. The molecule has 0 saturated carbocycles. The molecule has 0 aromatic carbocycles. The number of hydrogen-bond acceptors (Lipinski definition) is 3. The summed E-state index contributed by atoms with van der Waals surface area (Å²) < 4.78 is 0. The molecule has 0 saturated heterocycles. The van der Waals surface area contributed by atoms with E-state index in [0.717, 1.165) is 4.90 Å². The fourth-order valence-corrected chi connectivity index (χ4v) is 1.02. The van der Waals surface area contributed by atoms with Crippen molar-refractivity contribution in [1.29, 1.82) is 0 Å². The van der Waals surface area contributed by atoms with Crippen molar-refractivity contribution in [3.63, 3.8) is 0 Å². The lowest BCUT2D eigenvalue weighted by atomic mass is 10.3. The number of rotatable bonds is 4. The summed E-state index contributed by atoms with van der Waals surface area (Å²) in [6.45, 7) is 1.13. The maximum atomic E-state index is 11.4. The molecule has 92 valence electrons. The number of carbonyl (C=O) groups is 3. The molecule has 0 spiro atoms. The summed E-state index contributed by atoms with van der Waals surface area (Å²) in [6, 6.07) is -1.27. The largest absolute Gasteiger partial charge is 0.480 e. The van der Waals surface area contributed by atoms with Gasteiger partial charge in [-0.1, -0.05) is 0 Å². The Bertz CT molecular complexity index is 290. The van der Waals surface area contributed by atoms with Crippen molar-refractivity contribution in [3.8, 4) is 0 Å². The number of carboxylic acids is 1. The van der Waals surface area contributed by atoms with Crippen LogP contribution in [0.3, 0.4) is 0 Å². The van der Waals surface area contributed by atoms with Crippen molar-refractivity contribution in [1.82, 2.24) is 15.1 Å². The lowest BCUT2D eigenvalue weighted by Crippen LogP contribution is -2.49. The molecule has 3 amide bonds. The predicted octanol–water partition coefficient (Wildman–Crippen LogP) is -0.811. The van der Waals surface area contributed by atoms with Crippen LogP contribution in [-0.2, 0) is 9.59 Å². The Hall–Kier alpha value is -1.79. The Morgan fingerprint density at radius 3 is 2.12 bits per heavy atom. The van der Waals surface area contributed by atoms with Gasteiger partial charge < -0.3 is 20.2 Å². The third-order valence-corrected chi connectivity index (χ3v) is 1.87. The van der Waals surface area contributed by atoms with Gasteiger partial charge in [0.1, 0.15) is 12.6 Å².